The van der Waals surface area contributed by atoms with Crippen molar-refractivity contribution >= 4 is 0 Å². The monoisotopic (exact) mass is 154 g/mol. The maximum Gasteiger partial charge on any atom is 0.0459 e. The molecule has 0 amide bonds. The molecule has 64 valence electrons. The molecule has 2 bridgehead atoms. The Morgan fingerprint density at radius 3 is 2.64 bits per heavy atom. The highest BCUT2D eigenvalue weighted by Gasteiger charge is 2.41. The first-order valence-corrected chi connectivity index (χ1v) is 4.92. The van der Waals surface area contributed by atoms with Gasteiger partial charge in [-0.25, -0.2) is 0 Å². The van der Waals surface area contributed by atoms with E-state index >= 15 is 0 Å². The van der Waals surface area contributed by atoms with Gasteiger partial charge in [0.25, 0.3) is 0 Å². The van der Waals surface area contributed by atoms with E-state index in [4.69, 9.17) is 5.11 Å². The molecule has 0 saturated heterocycles. The van der Waals surface area contributed by atoms with Gasteiger partial charge < -0.3 is 5.11 Å². The van der Waals surface area contributed by atoms with Gasteiger partial charge in [0.15, 0.2) is 0 Å². The summed E-state index contributed by atoms with van der Waals surface area (Å²) in [5.74, 6) is 3.42. The summed E-state index contributed by atoms with van der Waals surface area (Å²) in [6.07, 6.45) is 5.79. The number of hydrogen-bond donors (Lipinski definition) is 1. The van der Waals surface area contributed by atoms with Crippen LogP contribution >= 0.6 is 0 Å². The van der Waals surface area contributed by atoms with Crippen molar-refractivity contribution in [3.8, 4) is 0 Å². The van der Waals surface area contributed by atoms with E-state index in [0.717, 1.165) is 17.8 Å². The molecule has 3 unspecified atom stereocenters. The molecule has 2 saturated carbocycles. The molecular formula is C10H18O. The van der Waals surface area contributed by atoms with Gasteiger partial charge in [0.2, 0.25) is 0 Å². The topological polar surface area (TPSA) is 20.2 Å². The van der Waals surface area contributed by atoms with Gasteiger partial charge >= 0.3 is 0 Å². The van der Waals surface area contributed by atoms with Gasteiger partial charge in [-0.15, -0.1) is 0 Å². The summed E-state index contributed by atoms with van der Waals surface area (Å²) in [5.41, 5.74) is 0. The lowest BCUT2D eigenvalue weighted by atomic mass is 9.81. The molecule has 0 aliphatic heterocycles. The van der Waals surface area contributed by atoms with Gasteiger partial charge in [-0.05, 0) is 42.9 Å². The van der Waals surface area contributed by atoms with Crippen molar-refractivity contribution in [1.82, 2.24) is 0 Å². The number of rotatable bonds is 2. The predicted octanol–water partition coefficient (Wildman–Crippen LogP) is 2.05. The van der Waals surface area contributed by atoms with Crippen LogP contribution in [0, 0.1) is 23.7 Å². The minimum absolute atomic E-state index is 0.397. The molecular weight excluding hydrogens is 136 g/mol. The second-order valence-corrected chi connectivity index (χ2v) is 4.50. The third kappa shape index (κ3) is 1.20. The molecule has 4 atom stereocenters. The second kappa shape index (κ2) is 2.78. The van der Waals surface area contributed by atoms with E-state index in [1.165, 1.54) is 25.7 Å². The Balaban J connectivity index is 1.96. The van der Waals surface area contributed by atoms with Gasteiger partial charge in [-0.3, -0.25) is 0 Å². The van der Waals surface area contributed by atoms with Crippen molar-refractivity contribution in [3.63, 3.8) is 0 Å². The molecule has 0 spiro atoms. The van der Waals surface area contributed by atoms with Crippen LogP contribution in [0.1, 0.15) is 32.6 Å². The lowest BCUT2D eigenvalue weighted by Crippen LogP contribution is -2.21. The van der Waals surface area contributed by atoms with Crippen molar-refractivity contribution in [2.75, 3.05) is 6.61 Å². The Morgan fingerprint density at radius 2 is 2.18 bits per heavy atom. The summed E-state index contributed by atoms with van der Waals surface area (Å²) in [6, 6.07) is 0. The Bertz CT molecular complexity index is 144. The first-order valence-electron chi connectivity index (χ1n) is 4.92. The standard InChI is InChI=1S/C10H18O/c1-7(6-11)10-5-8-2-3-9(10)4-8/h7-11H,2-6H2,1H3/t7-,8?,9?,10?/m1/s1. The zero-order valence-corrected chi connectivity index (χ0v) is 7.29. The van der Waals surface area contributed by atoms with Gasteiger partial charge in [0, 0.05) is 6.61 Å². The quantitative estimate of drug-likeness (QED) is 0.645. The minimum Gasteiger partial charge on any atom is -0.396 e. The zero-order chi connectivity index (χ0) is 7.84. The molecule has 1 heteroatoms. The summed E-state index contributed by atoms with van der Waals surface area (Å²) >= 11 is 0. The summed E-state index contributed by atoms with van der Waals surface area (Å²) in [5, 5.41) is 9.02. The highest BCUT2D eigenvalue weighted by atomic mass is 16.3. The first kappa shape index (κ1) is 7.60. The molecule has 0 heterocycles. The van der Waals surface area contributed by atoms with Gasteiger partial charge in [-0.1, -0.05) is 13.3 Å². The van der Waals surface area contributed by atoms with Crippen LogP contribution in [-0.4, -0.2) is 11.7 Å². The SMILES string of the molecule is C[C@H](CO)C1CC2CCC1C2. The Morgan fingerprint density at radius 1 is 1.36 bits per heavy atom. The summed E-state index contributed by atoms with van der Waals surface area (Å²) in [7, 11) is 0. The molecule has 11 heavy (non-hydrogen) atoms. The summed E-state index contributed by atoms with van der Waals surface area (Å²) in [4.78, 5) is 0. The third-order valence-electron chi connectivity index (χ3n) is 3.81. The lowest BCUT2D eigenvalue weighted by molar-refractivity contribution is 0.149. The van der Waals surface area contributed by atoms with Crippen molar-refractivity contribution in [3.05, 3.63) is 0 Å². The minimum atomic E-state index is 0.397. The molecule has 0 radical (unpaired) electrons. The van der Waals surface area contributed by atoms with Crippen LogP contribution in [0.4, 0.5) is 0 Å². The molecule has 0 aromatic rings. The number of hydrogen-bond acceptors (Lipinski definition) is 1. The molecule has 1 N–H and O–H groups in total. The summed E-state index contributed by atoms with van der Waals surface area (Å²) < 4.78 is 0. The van der Waals surface area contributed by atoms with Gasteiger partial charge in [0.1, 0.15) is 0 Å². The van der Waals surface area contributed by atoms with Crippen molar-refractivity contribution < 1.29 is 5.11 Å². The van der Waals surface area contributed by atoms with Crippen LogP contribution in [0.3, 0.4) is 0 Å². The highest BCUT2D eigenvalue weighted by molar-refractivity contribution is 4.91. The molecule has 2 aliphatic rings. The molecule has 0 aromatic heterocycles. The van der Waals surface area contributed by atoms with Crippen LogP contribution in [-0.2, 0) is 0 Å². The summed E-state index contributed by atoms with van der Waals surface area (Å²) in [6.45, 7) is 2.60. The number of fused-ring (bicyclic) bond motifs is 2. The highest BCUT2D eigenvalue weighted by Crippen LogP contribution is 2.50. The number of aliphatic hydroxyl groups is 1. The van der Waals surface area contributed by atoms with E-state index < -0.39 is 0 Å². The van der Waals surface area contributed by atoms with Crippen molar-refractivity contribution in [2.24, 2.45) is 23.7 Å². The van der Waals surface area contributed by atoms with E-state index in [9.17, 15) is 0 Å². The molecule has 2 rings (SSSR count). The van der Waals surface area contributed by atoms with E-state index in [-0.39, 0.29) is 0 Å². The maximum absolute atomic E-state index is 9.02. The largest absolute Gasteiger partial charge is 0.396 e. The van der Waals surface area contributed by atoms with Gasteiger partial charge in [-0.2, -0.15) is 0 Å². The Labute approximate surface area is 68.8 Å². The molecule has 2 fully saturated rings. The smallest absolute Gasteiger partial charge is 0.0459 e. The van der Waals surface area contributed by atoms with Crippen molar-refractivity contribution in [2.45, 2.75) is 32.6 Å². The fourth-order valence-corrected chi connectivity index (χ4v) is 3.13. The Kier molecular flexibility index (Phi) is 1.92. The Hall–Kier alpha value is -0.0400. The second-order valence-electron chi connectivity index (χ2n) is 4.50. The fraction of sp³-hybridized carbons (Fsp3) is 1.00. The van der Waals surface area contributed by atoms with E-state index in [1.807, 2.05) is 0 Å². The van der Waals surface area contributed by atoms with E-state index in [2.05, 4.69) is 6.92 Å². The van der Waals surface area contributed by atoms with Crippen LogP contribution in [0.15, 0.2) is 0 Å². The zero-order valence-electron chi connectivity index (χ0n) is 7.29. The number of aliphatic hydroxyl groups excluding tert-OH is 1. The normalized spacial score (nSPS) is 44.7. The fourth-order valence-electron chi connectivity index (χ4n) is 3.13. The predicted molar refractivity (Wildman–Crippen MR) is 45.2 cm³/mol. The van der Waals surface area contributed by atoms with Crippen LogP contribution in [0.2, 0.25) is 0 Å². The van der Waals surface area contributed by atoms with E-state index in [1.54, 1.807) is 0 Å². The molecule has 2 aliphatic carbocycles. The average molecular weight is 154 g/mol. The van der Waals surface area contributed by atoms with Crippen LogP contribution < -0.4 is 0 Å². The van der Waals surface area contributed by atoms with Crippen molar-refractivity contribution in [1.29, 1.82) is 0 Å². The third-order valence-corrected chi connectivity index (χ3v) is 3.81. The first-order chi connectivity index (χ1) is 5.31. The van der Waals surface area contributed by atoms with Gasteiger partial charge in [0.05, 0.1) is 0 Å². The van der Waals surface area contributed by atoms with Crippen LogP contribution in [0.5, 0.6) is 0 Å². The molecule has 1 nitrogen and oxygen atoms in total. The van der Waals surface area contributed by atoms with Crippen LogP contribution in [0.25, 0.3) is 0 Å². The maximum atomic E-state index is 9.02. The lowest BCUT2D eigenvalue weighted by Gasteiger charge is -2.26. The average Bonchev–Trinajstić information content (AvgIpc) is 2.62. The molecule has 0 aromatic carbocycles. The van der Waals surface area contributed by atoms with E-state index in [0.29, 0.717) is 12.5 Å².